The molecule has 1 aromatic rings. The Morgan fingerprint density at radius 1 is 1.47 bits per heavy atom. The topological polar surface area (TPSA) is 29.9 Å². The van der Waals surface area contributed by atoms with Gasteiger partial charge in [0, 0.05) is 36.6 Å². The van der Waals surface area contributed by atoms with E-state index in [1.807, 2.05) is 17.9 Å². The summed E-state index contributed by atoms with van der Waals surface area (Å²) in [5.41, 5.74) is 1.29. The van der Waals surface area contributed by atoms with Gasteiger partial charge in [-0.2, -0.15) is 16.9 Å². The zero-order chi connectivity index (χ0) is 12.1. The lowest BCUT2D eigenvalue weighted by Crippen LogP contribution is -2.40. The van der Waals surface area contributed by atoms with Gasteiger partial charge in [-0.1, -0.05) is 19.8 Å². The summed E-state index contributed by atoms with van der Waals surface area (Å²) in [5.74, 6) is 1.23. The molecule has 1 aliphatic carbocycles. The van der Waals surface area contributed by atoms with E-state index < -0.39 is 0 Å². The molecule has 2 atom stereocenters. The van der Waals surface area contributed by atoms with Crippen molar-refractivity contribution in [2.75, 3.05) is 5.75 Å². The molecule has 0 bridgehead atoms. The van der Waals surface area contributed by atoms with Crippen molar-refractivity contribution in [2.24, 2.45) is 7.05 Å². The van der Waals surface area contributed by atoms with Gasteiger partial charge < -0.3 is 5.32 Å². The van der Waals surface area contributed by atoms with Gasteiger partial charge in [0.2, 0.25) is 0 Å². The Morgan fingerprint density at radius 3 is 3.00 bits per heavy atom. The van der Waals surface area contributed by atoms with Crippen molar-refractivity contribution < 1.29 is 0 Å². The van der Waals surface area contributed by atoms with Gasteiger partial charge in [-0.3, -0.25) is 4.68 Å². The quantitative estimate of drug-likeness (QED) is 0.874. The number of rotatable bonds is 5. The molecule has 1 aromatic heterocycles. The maximum absolute atomic E-state index is 4.21. The molecule has 1 fully saturated rings. The van der Waals surface area contributed by atoms with Crippen LogP contribution in [0.15, 0.2) is 12.4 Å². The molecule has 1 aliphatic rings. The van der Waals surface area contributed by atoms with Crippen LogP contribution in [0, 0.1) is 0 Å². The molecule has 3 nitrogen and oxygen atoms in total. The lowest BCUT2D eigenvalue weighted by atomic mass is 9.95. The number of hydrogen-bond acceptors (Lipinski definition) is 3. The van der Waals surface area contributed by atoms with E-state index in [1.165, 1.54) is 37.0 Å². The van der Waals surface area contributed by atoms with E-state index in [9.17, 15) is 0 Å². The molecule has 17 heavy (non-hydrogen) atoms. The minimum atomic E-state index is 0.689. The van der Waals surface area contributed by atoms with Crippen molar-refractivity contribution in [2.45, 2.75) is 50.4 Å². The Balaban J connectivity index is 1.83. The predicted octanol–water partition coefficient (Wildman–Crippen LogP) is 2.57. The van der Waals surface area contributed by atoms with E-state index in [1.54, 1.807) is 0 Å². The Bertz CT molecular complexity index is 335. The van der Waals surface area contributed by atoms with Crippen molar-refractivity contribution in [3.05, 3.63) is 18.0 Å². The van der Waals surface area contributed by atoms with Crippen LogP contribution in [0.25, 0.3) is 0 Å². The Morgan fingerprint density at radius 2 is 2.29 bits per heavy atom. The molecule has 0 saturated heterocycles. The molecule has 0 spiro atoms. The Labute approximate surface area is 108 Å². The van der Waals surface area contributed by atoms with Gasteiger partial charge in [0.1, 0.15) is 0 Å². The van der Waals surface area contributed by atoms with Gasteiger partial charge in [-0.05, 0) is 18.6 Å². The first-order chi connectivity index (χ1) is 8.29. The van der Waals surface area contributed by atoms with Crippen LogP contribution < -0.4 is 5.32 Å². The smallest absolute Gasteiger partial charge is 0.0534 e. The first-order valence-electron chi connectivity index (χ1n) is 6.62. The van der Waals surface area contributed by atoms with Crippen LogP contribution in [0.4, 0.5) is 0 Å². The lowest BCUT2D eigenvalue weighted by Gasteiger charge is -2.31. The average molecular weight is 253 g/mol. The summed E-state index contributed by atoms with van der Waals surface area (Å²) in [6.45, 7) is 3.22. The second kappa shape index (κ2) is 6.45. The van der Waals surface area contributed by atoms with Crippen LogP contribution >= 0.6 is 11.8 Å². The maximum Gasteiger partial charge on any atom is 0.0534 e. The molecule has 0 aliphatic heterocycles. The third kappa shape index (κ3) is 3.75. The van der Waals surface area contributed by atoms with Crippen LogP contribution in [0.5, 0.6) is 0 Å². The molecule has 1 saturated carbocycles. The van der Waals surface area contributed by atoms with Gasteiger partial charge >= 0.3 is 0 Å². The first kappa shape index (κ1) is 13.0. The van der Waals surface area contributed by atoms with E-state index in [0.29, 0.717) is 6.04 Å². The van der Waals surface area contributed by atoms with Crippen LogP contribution in [0.3, 0.4) is 0 Å². The maximum atomic E-state index is 4.21. The number of aromatic nitrogens is 2. The molecular weight excluding hydrogens is 230 g/mol. The molecule has 0 radical (unpaired) electrons. The van der Waals surface area contributed by atoms with E-state index in [0.717, 1.165) is 11.8 Å². The minimum Gasteiger partial charge on any atom is -0.309 e. The van der Waals surface area contributed by atoms with Crippen molar-refractivity contribution in [3.8, 4) is 0 Å². The Hall–Kier alpha value is -0.480. The Kier molecular flexibility index (Phi) is 4.92. The molecule has 96 valence electrons. The largest absolute Gasteiger partial charge is 0.309 e. The fourth-order valence-corrected chi connectivity index (χ4v) is 3.78. The summed E-state index contributed by atoms with van der Waals surface area (Å²) in [7, 11) is 1.97. The van der Waals surface area contributed by atoms with Crippen molar-refractivity contribution >= 4 is 11.8 Å². The van der Waals surface area contributed by atoms with Gasteiger partial charge in [0.25, 0.3) is 0 Å². The highest BCUT2D eigenvalue weighted by molar-refractivity contribution is 7.99. The predicted molar refractivity (Wildman–Crippen MR) is 74.2 cm³/mol. The molecule has 0 unspecified atom stereocenters. The summed E-state index contributed by atoms with van der Waals surface area (Å²) in [5, 5.41) is 8.73. The second-order valence-electron chi connectivity index (χ2n) is 4.79. The molecule has 4 heteroatoms. The SMILES string of the molecule is CCS[C@@H]1CCCC[C@@H]1NCc1cnn(C)c1. The average Bonchev–Trinajstić information content (AvgIpc) is 2.74. The molecule has 1 N–H and O–H groups in total. The van der Waals surface area contributed by atoms with E-state index >= 15 is 0 Å². The van der Waals surface area contributed by atoms with Gasteiger partial charge in [-0.15, -0.1) is 0 Å². The van der Waals surface area contributed by atoms with Crippen LogP contribution in [-0.2, 0) is 13.6 Å². The highest BCUT2D eigenvalue weighted by Gasteiger charge is 2.24. The van der Waals surface area contributed by atoms with Crippen molar-refractivity contribution in [1.29, 1.82) is 0 Å². The van der Waals surface area contributed by atoms with E-state index in [2.05, 4.69) is 35.3 Å². The van der Waals surface area contributed by atoms with Gasteiger partial charge in [0.05, 0.1) is 6.20 Å². The second-order valence-corrected chi connectivity index (χ2v) is 6.30. The van der Waals surface area contributed by atoms with E-state index in [4.69, 9.17) is 0 Å². The number of thioether (sulfide) groups is 1. The number of nitrogens with zero attached hydrogens (tertiary/aromatic N) is 2. The van der Waals surface area contributed by atoms with E-state index in [-0.39, 0.29) is 0 Å². The summed E-state index contributed by atoms with van der Waals surface area (Å²) < 4.78 is 1.87. The summed E-state index contributed by atoms with van der Waals surface area (Å²) in [4.78, 5) is 0. The lowest BCUT2D eigenvalue weighted by molar-refractivity contribution is 0.383. The summed E-state index contributed by atoms with van der Waals surface area (Å²) in [6.07, 6.45) is 9.55. The van der Waals surface area contributed by atoms with Crippen molar-refractivity contribution in [1.82, 2.24) is 15.1 Å². The molecule has 2 rings (SSSR count). The standard InChI is InChI=1S/C13H23N3S/c1-3-17-13-7-5-4-6-12(13)14-8-11-9-15-16(2)10-11/h9-10,12-14H,3-8H2,1-2H3/t12-,13+/m0/s1. The molecule has 1 heterocycles. The highest BCUT2D eigenvalue weighted by Crippen LogP contribution is 2.28. The van der Waals surface area contributed by atoms with Gasteiger partial charge in [-0.25, -0.2) is 0 Å². The van der Waals surface area contributed by atoms with Crippen LogP contribution in [0.1, 0.15) is 38.2 Å². The van der Waals surface area contributed by atoms with Crippen LogP contribution in [0.2, 0.25) is 0 Å². The van der Waals surface area contributed by atoms with Crippen molar-refractivity contribution in [3.63, 3.8) is 0 Å². The monoisotopic (exact) mass is 253 g/mol. The summed E-state index contributed by atoms with van der Waals surface area (Å²) >= 11 is 2.12. The minimum absolute atomic E-state index is 0.689. The van der Waals surface area contributed by atoms with Crippen LogP contribution in [-0.4, -0.2) is 26.8 Å². The number of hydrogen-bond donors (Lipinski definition) is 1. The fourth-order valence-electron chi connectivity index (χ4n) is 2.56. The zero-order valence-electron chi connectivity index (χ0n) is 10.9. The summed E-state index contributed by atoms with van der Waals surface area (Å²) in [6, 6.07) is 0.689. The first-order valence-corrected chi connectivity index (χ1v) is 7.67. The molecule has 0 aromatic carbocycles. The normalized spacial score (nSPS) is 25.1. The number of nitrogens with one attached hydrogen (secondary N) is 1. The molecular formula is C13H23N3S. The fraction of sp³-hybridized carbons (Fsp3) is 0.769. The third-order valence-corrected chi connectivity index (χ3v) is 4.74. The zero-order valence-corrected chi connectivity index (χ0v) is 11.7. The highest BCUT2D eigenvalue weighted by atomic mass is 32.2. The number of aryl methyl sites for hydroxylation is 1. The molecule has 0 amide bonds. The third-order valence-electron chi connectivity index (χ3n) is 3.41. The van der Waals surface area contributed by atoms with Gasteiger partial charge in [0.15, 0.2) is 0 Å².